The molecular formula is C37H26F3NO7. The van der Waals surface area contributed by atoms with Gasteiger partial charge in [-0.2, -0.15) is 0 Å². The van der Waals surface area contributed by atoms with Crippen molar-refractivity contribution >= 4 is 34.9 Å². The second-order valence-electron chi connectivity index (χ2n) is 12.3. The van der Waals surface area contributed by atoms with E-state index in [2.05, 4.69) is 4.74 Å². The van der Waals surface area contributed by atoms with Crippen LogP contribution in [0.5, 0.6) is 11.5 Å². The first-order valence-corrected chi connectivity index (χ1v) is 15.2. The summed E-state index contributed by atoms with van der Waals surface area (Å²) in [6.07, 6.45) is -2.13. The van der Waals surface area contributed by atoms with E-state index in [1.54, 1.807) is 36.4 Å². The maximum absolute atomic E-state index is 14.2. The van der Waals surface area contributed by atoms with Crippen LogP contribution < -0.4 is 9.64 Å². The van der Waals surface area contributed by atoms with Crippen molar-refractivity contribution in [3.63, 3.8) is 0 Å². The Morgan fingerprint density at radius 2 is 1.58 bits per heavy atom. The highest BCUT2D eigenvalue weighted by molar-refractivity contribution is 6.25. The summed E-state index contributed by atoms with van der Waals surface area (Å²) in [6, 6.07) is 17.7. The van der Waals surface area contributed by atoms with Crippen molar-refractivity contribution < 1.29 is 47.0 Å². The van der Waals surface area contributed by atoms with E-state index >= 15 is 0 Å². The zero-order valence-corrected chi connectivity index (χ0v) is 25.3. The standard InChI is InChI=1S/C37H26F3NO7/c1-18-15-29(43)27-17-25-23(30(32(27)33(18)44)26-16-22(11-14-28(26)42)48-37(38,39)40)12-13-24-31(25)36(47)41(35(24)46)21-9-7-20(8-10-21)34(45)19-5-3-2-4-6-19/h2-12,14-16,24-25,30-31,42H,13,17H2,1H3. The average Bonchev–Trinajstić information content (AvgIpc) is 3.32. The van der Waals surface area contributed by atoms with Gasteiger partial charge in [0.15, 0.2) is 17.3 Å². The number of carbonyl (C=O) groups excluding carboxylic acids is 5. The third-order valence-electron chi connectivity index (χ3n) is 9.53. The molecule has 0 aromatic heterocycles. The Labute approximate surface area is 271 Å². The summed E-state index contributed by atoms with van der Waals surface area (Å²) in [4.78, 5) is 68.9. The first-order valence-electron chi connectivity index (χ1n) is 15.2. The summed E-state index contributed by atoms with van der Waals surface area (Å²) in [5.74, 6) is -6.99. The topological polar surface area (TPSA) is 118 Å². The fourth-order valence-electron chi connectivity index (χ4n) is 7.45. The van der Waals surface area contributed by atoms with Crippen molar-refractivity contribution in [1.82, 2.24) is 0 Å². The number of hydrogen-bond acceptors (Lipinski definition) is 7. The monoisotopic (exact) mass is 653 g/mol. The van der Waals surface area contributed by atoms with Gasteiger partial charge in [-0.1, -0.05) is 42.0 Å². The van der Waals surface area contributed by atoms with Crippen LogP contribution in [0.2, 0.25) is 0 Å². The van der Waals surface area contributed by atoms with Gasteiger partial charge < -0.3 is 9.84 Å². The molecule has 0 spiro atoms. The molecule has 0 bridgehead atoms. The van der Waals surface area contributed by atoms with Crippen molar-refractivity contribution in [2.24, 2.45) is 17.8 Å². The Bertz CT molecular complexity index is 2030. The van der Waals surface area contributed by atoms with Gasteiger partial charge in [-0.05, 0) is 74.2 Å². The Hall–Kier alpha value is -5.58. The summed E-state index contributed by atoms with van der Waals surface area (Å²) in [5, 5.41) is 10.9. The number of fused-ring (bicyclic) bond motifs is 3. The lowest BCUT2D eigenvalue weighted by Crippen LogP contribution is -2.39. The summed E-state index contributed by atoms with van der Waals surface area (Å²) >= 11 is 0. The van der Waals surface area contributed by atoms with Crippen LogP contribution in [-0.2, 0) is 19.2 Å². The van der Waals surface area contributed by atoms with Crippen LogP contribution in [-0.4, -0.2) is 40.6 Å². The number of Topliss-reactive ketones (excluding diaryl/α,β-unsaturated/α-hetero) is 1. The second kappa shape index (κ2) is 11.3. The predicted octanol–water partition coefficient (Wildman–Crippen LogP) is 6.16. The quantitative estimate of drug-likeness (QED) is 0.152. The molecule has 1 aliphatic heterocycles. The molecule has 1 saturated heterocycles. The number of benzene rings is 3. The van der Waals surface area contributed by atoms with E-state index in [1.165, 1.54) is 37.3 Å². The number of hydrogen-bond donors (Lipinski definition) is 1. The maximum atomic E-state index is 14.2. The molecule has 0 radical (unpaired) electrons. The summed E-state index contributed by atoms with van der Waals surface area (Å²) in [5.41, 5.74) is 1.70. The van der Waals surface area contributed by atoms with Gasteiger partial charge >= 0.3 is 6.36 Å². The average molecular weight is 654 g/mol. The molecule has 4 atom stereocenters. The van der Waals surface area contributed by atoms with Crippen molar-refractivity contribution in [2.45, 2.75) is 32.0 Å². The lowest BCUT2D eigenvalue weighted by atomic mass is 9.59. The Morgan fingerprint density at radius 3 is 2.27 bits per heavy atom. The second-order valence-corrected chi connectivity index (χ2v) is 12.3. The number of ether oxygens (including phenoxy) is 1. The minimum Gasteiger partial charge on any atom is -0.508 e. The third kappa shape index (κ3) is 5.06. The number of amides is 2. The number of allylic oxidation sites excluding steroid dienone is 6. The van der Waals surface area contributed by atoms with Gasteiger partial charge in [-0.25, -0.2) is 0 Å². The molecule has 242 valence electrons. The van der Waals surface area contributed by atoms with E-state index in [9.17, 15) is 42.3 Å². The van der Waals surface area contributed by atoms with Crippen LogP contribution in [0.1, 0.15) is 47.2 Å². The molecule has 0 saturated carbocycles. The minimum atomic E-state index is -5.03. The molecule has 1 N–H and O–H groups in total. The van der Waals surface area contributed by atoms with Gasteiger partial charge in [0.05, 0.1) is 17.5 Å². The fourth-order valence-corrected chi connectivity index (χ4v) is 7.45. The number of nitrogens with zero attached hydrogens (tertiary/aromatic N) is 1. The molecule has 48 heavy (non-hydrogen) atoms. The molecule has 1 heterocycles. The summed E-state index contributed by atoms with van der Waals surface area (Å²) in [6.45, 7) is 1.46. The molecule has 4 unspecified atom stereocenters. The molecule has 3 aromatic carbocycles. The number of alkyl halides is 3. The molecule has 7 rings (SSSR count). The van der Waals surface area contributed by atoms with Gasteiger partial charge in [0.2, 0.25) is 11.8 Å². The van der Waals surface area contributed by atoms with Crippen LogP contribution >= 0.6 is 0 Å². The number of phenolic OH excluding ortho intramolecular Hbond substituents is 1. The number of anilines is 1. The van der Waals surface area contributed by atoms with Crippen LogP contribution in [0.4, 0.5) is 18.9 Å². The Balaban J connectivity index is 1.27. The highest BCUT2D eigenvalue weighted by Gasteiger charge is 2.57. The van der Waals surface area contributed by atoms with E-state index < -0.39 is 64.9 Å². The predicted molar refractivity (Wildman–Crippen MR) is 165 cm³/mol. The number of ketones is 3. The Kier molecular flexibility index (Phi) is 7.30. The zero-order valence-electron chi connectivity index (χ0n) is 25.3. The third-order valence-corrected chi connectivity index (χ3v) is 9.53. The first-order chi connectivity index (χ1) is 22.8. The normalized spacial score (nSPS) is 23.7. The van der Waals surface area contributed by atoms with Gasteiger partial charge in [0, 0.05) is 39.3 Å². The number of aromatic hydroxyl groups is 1. The number of rotatable bonds is 5. The van der Waals surface area contributed by atoms with Crippen LogP contribution in [0.25, 0.3) is 0 Å². The van der Waals surface area contributed by atoms with E-state index in [1.807, 2.05) is 0 Å². The van der Waals surface area contributed by atoms with Crippen LogP contribution in [0.3, 0.4) is 0 Å². The Morgan fingerprint density at radius 1 is 0.896 bits per heavy atom. The molecule has 8 nitrogen and oxygen atoms in total. The molecule has 3 aliphatic carbocycles. The van der Waals surface area contributed by atoms with E-state index in [4.69, 9.17) is 0 Å². The lowest BCUT2D eigenvalue weighted by molar-refractivity contribution is -0.274. The van der Waals surface area contributed by atoms with Crippen molar-refractivity contribution in [3.05, 3.63) is 124 Å². The molecule has 11 heteroatoms. The molecule has 2 amide bonds. The van der Waals surface area contributed by atoms with E-state index in [0.717, 1.165) is 23.1 Å². The number of phenols is 1. The van der Waals surface area contributed by atoms with Gasteiger partial charge in [0.1, 0.15) is 11.5 Å². The van der Waals surface area contributed by atoms with E-state index in [0.29, 0.717) is 16.7 Å². The van der Waals surface area contributed by atoms with Crippen LogP contribution in [0, 0.1) is 17.8 Å². The fraction of sp³-hybridized carbons (Fsp3) is 0.216. The largest absolute Gasteiger partial charge is 0.573 e. The lowest BCUT2D eigenvalue weighted by Gasteiger charge is -2.42. The number of halogens is 3. The molecular weight excluding hydrogens is 627 g/mol. The van der Waals surface area contributed by atoms with E-state index in [-0.39, 0.29) is 46.6 Å². The van der Waals surface area contributed by atoms with Crippen molar-refractivity contribution in [3.8, 4) is 11.5 Å². The zero-order chi connectivity index (χ0) is 34.1. The van der Waals surface area contributed by atoms with Gasteiger partial charge in [-0.15, -0.1) is 13.2 Å². The van der Waals surface area contributed by atoms with Gasteiger partial charge in [-0.3, -0.25) is 28.9 Å². The first kappa shape index (κ1) is 31.0. The highest BCUT2D eigenvalue weighted by Crippen LogP contribution is 2.56. The molecule has 4 aliphatic rings. The smallest absolute Gasteiger partial charge is 0.508 e. The highest BCUT2D eigenvalue weighted by atomic mass is 19.4. The van der Waals surface area contributed by atoms with Gasteiger partial charge in [0.25, 0.3) is 0 Å². The SMILES string of the molecule is CC1=CC(=O)C2=C(C1=O)C(c1cc(OC(F)(F)F)ccc1O)C1=CCC3C(=O)N(c4ccc(C(=O)c5ccccc5)cc4)C(=O)C3C1C2. The number of imide groups is 1. The summed E-state index contributed by atoms with van der Waals surface area (Å²) in [7, 11) is 0. The number of carbonyl (C=O) groups is 5. The summed E-state index contributed by atoms with van der Waals surface area (Å²) < 4.78 is 43.6. The minimum absolute atomic E-state index is 0.0210. The molecule has 3 aromatic rings. The maximum Gasteiger partial charge on any atom is 0.573 e. The molecule has 1 fully saturated rings. The van der Waals surface area contributed by atoms with Crippen molar-refractivity contribution in [1.29, 1.82) is 0 Å². The van der Waals surface area contributed by atoms with Crippen molar-refractivity contribution in [2.75, 3.05) is 4.90 Å². The van der Waals surface area contributed by atoms with Crippen LogP contribution in [0.15, 0.2) is 107 Å².